The molecule has 0 unspecified atom stereocenters. The summed E-state index contributed by atoms with van der Waals surface area (Å²) in [5.74, 6) is -0.510. The molecule has 41 heavy (non-hydrogen) atoms. The van der Waals surface area contributed by atoms with E-state index in [1.54, 1.807) is 29.0 Å². The van der Waals surface area contributed by atoms with E-state index in [0.717, 1.165) is 31.2 Å². The van der Waals surface area contributed by atoms with Gasteiger partial charge in [0.05, 0.1) is 69.9 Å². The number of carbonyl (C=O) groups is 1. The maximum absolute atomic E-state index is 14.4. The number of pyridine rings is 1. The van der Waals surface area contributed by atoms with Gasteiger partial charge in [0.1, 0.15) is 18.3 Å². The quantitative estimate of drug-likeness (QED) is 0.297. The SMILES string of the molecule is CC(C)(O)[C@H](F)CNC(=O)c1cnc(-c2ccc3cc(C#N)cnn23)cc1NC1CCC(n2cc(C#N)cn2)CC1. The molecule has 0 aliphatic heterocycles. The molecule has 1 aliphatic rings. The van der Waals surface area contributed by atoms with E-state index in [0.29, 0.717) is 28.2 Å². The lowest BCUT2D eigenvalue weighted by Gasteiger charge is -2.30. The number of aliphatic hydroxyl groups is 1. The highest BCUT2D eigenvalue weighted by molar-refractivity contribution is 6.00. The normalized spacial score (nSPS) is 17.9. The van der Waals surface area contributed by atoms with Gasteiger partial charge >= 0.3 is 0 Å². The second-order valence-electron chi connectivity index (χ2n) is 10.8. The van der Waals surface area contributed by atoms with E-state index in [1.165, 1.54) is 26.2 Å². The van der Waals surface area contributed by atoms with Gasteiger partial charge in [-0.25, -0.2) is 8.91 Å². The van der Waals surface area contributed by atoms with Crippen molar-refractivity contribution in [2.24, 2.45) is 0 Å². The van der Waals surface area contributed by atoms with Gasteiger partial charge in [0, 0.05) is 18.4 Å². The highest BCUT2D eigenvalue weighted by atomic mass is 19.1. The van der Waals surface area contributed by atoms with Gasteiger partial charge in [0.2, 0.25) is 0 Å². The van der Waals surface area contributed by atoms with Crippen molar-refractivity contribution >= 4 is 17.1 Å². The summed E-state index contributed by atoms with van der Waals surface area (Å²) in [5.41, 5.74) is 2.16. The molecule has 4 aromatic rings. The Balaban J connectivity index is 1.40. The third kappa shape index (κ3) is 6.03. The molecule has 5 rings (SSSR count). The predicted octanol–water partition coefficient (Wildman–Crippen LogP) is 3.77. The van der Waals surface area contributed by atoms with E-state index >= 15 is 0 Å². The molecule has 11 nitrogen and oxygen atoms in total. The third-order valence-corrected chi connectivity index (χ3v) is 7.41. The van der Waals surface area contributed by atoms with Crippen LogP contribution in [0.4, 0.5) is 10.1 Å². The monoisotopic (exact) mass is 555 g/mol. The van der Waals surface area contributed by atoms with Crippen molar-refractivity contribution in [3.63, 3.8) is 0 Å². The Kier molecular flexibility index (Phi) is 7.68. The number of nitriles is 2. The fourth-order valence-corrected chi connectivity index (χ4v) is 4.98. The molecule has 1 aliphatic carbocycles. The lowest BCUT2D eigenvalue weighted by Crippen LogP contribution is -2.42. The smallest absolute Gasteiger partial charge is 0.255 e. The molecule has 0 bridgehead atoms. The fourth-order valence-electron chi connectivity index (χ4n) is 4.98. The number of fused-ring (bicyclic) bond motifs is 1. The Hall–Kier alpha value is -4.81. The Morgan fingerprint density at radius 3 is 2.54 bits per heavy atom. The van der Waals surface area contributed by atoms with Crippen LogP contribution in [0.25, 0.3) is 16.9 Å². The number of nitrogens with zero attached hydrogens (tertiary/aromatic N) is 7. The number of carbonyl (C=O) groups excluding carboxylic acids is 1. The summed E-state index contributed by atoms with van der Waals surface area (Å²) in [5, 5.41) is 43.0. The molecule has 1 fully saturated rings. The first-order valence-electron chi connectivity index (χ1n) is 13.4. The third-order valence-electron chi connectivity index (χ3n) is 7.41. The van der Waals surface area contributed by atoms with Gasteiger partial charge in [0.15, 0.2) is 0 Å². The zero-order valence-corrected chi connectivity index (χ0v) is 22.8. The second-order valence-corrected chi connectivity index (χ2v) is 10.8. The molecule has 210 valence electrons. The lowest BCUT2D eigenvalue weighted by atomic mass is 9.91. The van der Waals surface area contributed by atoms with Crippen molar-refractivity contribution in [2.45, 2.75) is 63.4 Å². The molecule has 3 N–H and O–H groups in total. The van der Waals surface area contributed by atoms with E-state index in [9.17, 15) is 19.6 Å². The van der Waals surface area contributed by atoms with E-state index in [1.807, 2.05) is 16.8 Å². The Labute approximate surface area is 236 Å². The summed E-state index contributed by atoms with van der Waals surface area (Å²) in [6.45, 7) is 2.35. The summed E-state index contributed by atoms with van der Waals surface area (Å²) >= 11 is 0. The minimum Gasteiger partial charge on any atom is -0.387 e. The average Bonchev–Trinajstić information content (AvgIpc) is 3.62. The number of hydrogen-bond donors (Lipinski definition) is 3. The van der Waals surface area contributed by atoms with Gasteiger partial charge in [-0.15, -0.1) is 0 Å². The van der Waals surface area contributed by atoms with Crippen LogP contribution >= 0.6 is 0 Å². The van der Waals surface area contributed by atoms with Gasteiger partial charge in [-0.3, -0.25) is 14.5 Å². The summed E-state index contributed by atoms with van der Waals surface area (Å²) < 4.78 is 17.9. The van der Waals surface area contributed by atoms with Gasteiger partial charge < -0.3 is 15.7 Å². The van der Waals surface area contributed by atoms with Crippen molar-refractivity contribution in [3.05, 3.63) is 65.7 Å². The molecule has 12 heteroatoms. The van der Waals surface area contributed by atoms with Crippen molar-refractivity contribution < 1.29 is 14.3 Å². The van der Waals surface area contributed by atoms with Crippen LogP contribution in [0.3, 0.4) is 0 Å². The molecule has 4 heterocycles. The van der Waals surface area contributed by atoms with E-state index in [2.05, 4.69) is 38.0 Å². The predicted molar refractivity (Wildman–Crippen MR) is 149 cm³/mol. The van der Waals surface area contributed by atoms with E-state index in [4.69, 9.17) is 5.26 Å². The van der Waals surface area contributed by atoms with Gasteiger partial charge in [-0.2, -0.15) is 20.7 Å². The number of nitrogens with one attached hydrogen (secondary N) is 2. The molecule has 1 amide bonds. The van der Waals surface area contributed by atoms with Crippen molar-refractivity contribution in [3.8, 4) is 23.5 Å². The Morgan fingerprint density at radius 2 is 1.85 bits per heavy atom. The van der Waals surface area contributed by atoms with Crippen molar-refractivity contribution in [2.75, 3.05) is 11.9 Å². The van der Waals surface area contributed by atoms with Crippen molar-refractivity contribution in [1.29, 1.82) is 10.5 Å². The number of alkyl halides is 1. The van der Waals surface area contributed by atoms with Crippen LogP contribution in [0, 0.1) is 22.7 Å². The Bertz CT molecular complexity index is 1650. The number of amides is 1. The topological polar surface area (TPSA) is 157 Å². The van der Waals surface area contributed by atoms with Crippen LogP contribution in [0.2, 0.25) is 0 Å². The van der Waals surface area contributed by atoms with Gasteiger partial charge in [-0.05, 0) is 63.8 Å². The average molecular weight is 556 g/mol. The number of halogens is 1. The van der Waals surface area contributed by atoms with Crippen molar-refractivity contribution in [1.82, 2.24) is 29.7 Å². The summed E-state index contributed by atoms with van der Waals surface area (Å²) in [6, 6.07) is 11.6. The van der Waals surface area contributed by atoms with Crippen LogP contribution in [0.15, 0.2) is 49.1 Å². The summed E-state index contributed by atoms with van der Waals surface area (Å²) in [6.07, 6.45) is 7.90. The summed E-state index contributed by atoms with van der Waals surface area (Å²) in [4.78, 5) is 17.7. The lowest BCUT2D eigenvalue weighted by molar-refractivity contribution is -0.00177. The number of aromatic nitrogens is 5. The summed E-state index contributed by atoms with van der Waals surface area (Å²) in [7, 11) is 0. The van der Waals surface area contributed by atoms with Crippen LogP contribution in [0.1, 0.15) is 67.1 Å². The Morgan fingerprint density at radius 1 is 1.12 bits per heavy atom. The van der Waals surface area contributed by atoms with Gasteiger partial charge in [-0.1, -0.05) is 0 Å². The molecule has 0 saturated heterocycles. The highest BCUT2D eigenvalue weighted by Crippen LogP contribution is 2.32. The molecule has 1 saturated carbocycles. The van der Waals surface area contributed by atoms with Crippen LogP contribution in [0.5, 0.6) is 0 Å². The van der Waals surface area contributed by atoms with E-state index < -0.39 is 17.7 Å². The molecule has 0 aromatic carbocycles. The van der Waals surface area contributed by atoms with E-state index in [-0.39, 0.29) is 24.2 Å². The number of rotatable bonds is 8. The number of hydrogen-bond acceptors (Lipinski definition) is 8. The zero-order valence-electron chi connectivity index (χ0n) is 22.8. The molecular weight excluding hydrogens is 525 g/mol. The number of anilines is 1. The molecular formula is C29H30FN9O2. The van der Waals surface area contributed by atoms with Crippen LogP contribution in [-0.4, -0.2) is 59.8 Å². The maximum atomic E-state index is 14.4. The largest absolute Gasteiger partial charge is 0.387 e. The molecule has 1 atom stereocenters. The van der Waals surface area contributed by atoms with Crippen LogP contribution < -0.4 is 10.6 Å². The van der Waals surface area contributed by atoms with Gasteiger partial charge in [0.25, 0.3) is 5.91 Å². The first-order chi connectivity index (χ1) is 19.7. The minimum absolute atomic E-state index is 0.0599. The zero-order chi connectivity index (χ0) is 29.1. The van der Waals surface area contributed by atoms with Crippen LogP contribution in [-0.2, 0) is 0 Å². The molecule has 0 spiro atoms. The molecule has 4 aromatic heterocycles. The fraction of sp³-hybridized carbons (Fsp3) is 0.379. The first-order valence-corrected chi connectivity index (χ1v) is 13.4. The minimum atomic E-state index is -1.65. The molecule has 0 radical (unpaired) electrons. The second kappa shape index (κ2) is 11.4. The standard InChI is InChI=1S/C29H30FN9O2/c1-29(2,41)27(30)16-34-28(40)23-15-33-25(26-8-7-22-9-18(11-31)13-36-39(22)26)10-24(23)37-20-3-5-21(6-4-20)38-17-19(12-32)14-35-38/h7-10,13-15,17,20-21,27,41H,3-6,16H2,1-2H3,(H,33,37)(H,34,40)/t20?,21?,27-/m1/s1. The highest BCUT2D eigenvalue weighted by Gasteiger charge is 2.28. The first kappa shape index (κ1) is 27.7. The maximum Gasteiger partial charge on any atom is 0.255 e.